The minimum Gasteiger partial charge on any atom is -0.421 e. The second-order valence-corrected chi connectivity index (χ2v) is 16.1. The third-order valence-electron chi connectivity index (χ3n) is 7.82. The number of nitrogens with zero attached hydrogens (tertiary/aromatic N) is 2. The van der Waals surface area contributed by atoms with Gasteiger partial charge in [0.05, 0.1) is 15.4 Å². The van der Waals surface area contributed by atoms with E-state index in [9.17, 15) is 0 Å². The van der Waals surface area contributed by atoms with Gasteiger partial charge in [0.1, 0.15) is 0 Å². The van der Waals surface area contributed by atoms with Crippen LogP contribution in [0.2, 0.25) is 0 Å². The average molecular weight is 613 g/mol. The molecule has 0 bridgehead atoms. The van der Waals surface area contributed by atoms with Gasteiger partial charge in [-0.25, -0.2) is 9.97 Å². The topological polar surface area (TPSA) is 35.0 Å². The van der Waals surface area contributed by atoms with E-state index in [0.29, 0.717) is 11.8 Å². The molecule has 0 fully saturated rings. The van der Waals surface area contributed by atoms with Gasteiger partial charge in [-0.15, -0.1) is 22.7 Å². The Morgan fingerprint density at radius 3 is 2.11 bits per heavy atom. The second-order valence-electron chi connectivity index (χ2n) is 13.8. The van der Waals surface area contributed by atoms with Crippen LogP contribution in [0.25, 0.3) is 52.1 Å². The van der Waals surface area contributed by atoms with Gasteiger partial charge >= 0.3 is 0 Å². The lowest BCUT2D eigenvalue weighted by Crippen LogP contribution is -2.12. The predicted molar refractivity (Wildman–Crippen MR) is 190 cm³/mol. The van der Waals surface area contributed by atoms with Crippen LogP contribution in [0, 0.1) is 5.41 Å². The van der Waals surface area contributed by atoms with Crippen molar-refractivity contribution in [1.29, 1.82) is 0 Å². The zero-order valence-electron chi connectivity index (χ0n) is 26.1. The molecule has 44 heavy (non-hydrogen) atoms. The van der Waals surface area contributed by atoms with Gasteiger partial charge in [0.25, 0.3) is 0 Å². The van der Waals surface area contributed by atoms with Crippen LogP contribution in [0.3, 0.4) is 0 Å². The van der Waals surface area contributed by atoms with Gasteiger partial charge in [-0.1, -0.05) is 96.1 Å². The fraction of sp³-hybridized carbons (Fsp3) is 0.231. The van der Waals surface area contributed by atoms with E-state index in [1.807, 2.05) is 59.1 Å². The van der Waals surface area contributed by atoms with Crippen molar-refractivity contribution in [3.8, 4) is 34.3 Å². The molecular formula is C39H36N2OS2. The molecule has 0 amide bonds. The average Bonchev–Trinajstić information content (AvgIpc) is 3.51. The highest BCUT2D eigenvalue weighted by Crippen LogP contribution is 2.48. The molecule has 0 atom stereocenters. The van der Waals surface area contributed by atoms with Gasteiger partial charge < -0.3 is 4.74 Å². The van der Waals surface area contributed by atoms with Crippen LogP contribution in [-0.4, -0.2) is 9.97 Å². The standard InChI is InChI=1S/C39H36N2OS2/c1-38(2,3)23-24-19-30(41-34(20-24)42-33-18-12-16-29(40-33)25-13-8-7-9-14-25)26-21-28(39(4,5)6)36-32(22-26)44-37-35(36)27-15-10-11-17-31(27)43-37/h7-22H,23H2,1-6H3. The molecule has 7 rings (SSSR count). The fourth-order valence-corrected chi connectivity index (χ4v) is 8.61. The molecule has 0 N–H and O–H groups in total. The summed E-state index contributed by atoms with van der Waals surface area (Å²) in [4.78, 5) is 9.91. The number of benzene rings is 3. The molecule has 5 heteroatoms. The monoisotopic (exact) mass is 612 g/mol. The van der Waals surface area contributed by atoms with Crippen molar-refractivity contribution < 1.29 is 4.74 Å². The Labute approximate surface area is 267 Å². The molecule has 4 heterocycles. The van der Waals surface area contributed by atoms with Crippen LogP contribution in [0.5, 0.6) is 11.8 Å². The van der Waals surface area contributed by atoms with E-state index >= 15 is 0 Å². The lowest BCUT2D eigenvalue weighted by molar-refractivity contribution is 0.407. The van der Waals surface area contributed by atoms with Crippen LogP contribution in [0.15, 0.2) is 97.1 Å². The van der Waals surface area contributed by atoms with Gasteiger partial charge in [-0.2, -0.15) is 0 Å². The first-order valence-corrected chi connectivity index (χ1v) is 16.8. The number of fused-ring (bicyclic) bond motifs is 5. The highest BCUT2D eigenvalue weighted by molar-refractivity contribution is 7.44. The van der Waals surface area contributed by atoms with E-state index < -0.39 is 0 Å². The number of hydrogen-bond acceptors (Lipinski definition) is 5. The number of pyridine rings is 2. The highest BCUT2D eigenvalue weighted by Gasteiger charge is 2.24. The third kappa shape index (κ3) is 5.62. The van der Waals surface area contributed by atoms with Crippen molar-refractivity contribution in [2.24, 2.45) is 5.41 Å². The van der Waals surface area contributed by atoms with Gasteiger partial charge in [0.2, 0.25) is 11.8 Å². The quantitative estimate of drug-likeness (QED) is 0.194. The Balaban J connectivity index is 1.37. The molecule has 0 radical (unpaired) electrons. The van der Waals surface area contributed by atoms with E-state index in [0.717, 1.165) is 28.9 Å². The lowest BCUT2D eigenvalue weighted by Gasteiger charge is -2.22. The Kier molecular flexibility index (Phi) is 7.06. The first kappa shape index (κ1) is 28.7. The summed E-state index contributed by atoms with van der Waals surface area (Å²) < 4.78 is 10.4. The van der Waals surface area contributed by atoms with Crippen molar-refractivity contribution in [3.05, 3.63) is 108 Å². The summed E-state index contributed by atoms with van der Waals surface area (Å²) in [7, 11) is 0. The third-order valence-corrected chi connectivity index (χ3v) is 10.2. The Bertz CT molecular complexity index is 2140. The number of aromatic nitrogens is 2. The minimum atomic E-state index is -0.0462. The lowest BCUT2D eigenvalue weighted by atomic mass is 9.82. The largest absolute Gasteiger partial charge is 0.421 e. The summed E-state index contributed by atoms with van der Waals surface area (Å²) in [6.07, 6.45) is 0.908. The van der Waals surface area contributed by atoms with Crippen molar-refractivity contribution in [2.45, 2.75) is 53.4 Å². The SMILES string of the molecule is CC(C)(C)Cc1cc(Oc2cccc(-c3ccccc3)n2)nc(-c2cc(C(C)(C)C)c3c(c2)sc2sc4ccccc4c23)c1. The van der Waals surface area contributed by atoms with Gasteiger partial charge in [-0.05, 0) is 58.7 Å². The summed E-state index contributed by atoms with van der Waals surface area (Å²) >= 11 is 3.79. The number of ether oxygens (including phenoxy) is 1. The maximum Gasteiger partial charge on any atom is 0.222 e. The van der Waals surface area contributed by atoms with Crippen LogP contribution >= 0.6 is 22.7 Å². The first-order valence-electron chi connectivity index (χ1n) is 15.1. The molecule has 0 aliphatic heterocycles. The van der Waals surface area contributed by atoms with Crippen LogP contribution in [-0.2, 0) is 11.8 Å². The molecule has 220 valence electrons. The van der Waals surface area contributed by atoms with E-state index in [4.69, 9.17) is 14.7 Å². The van der Waals surface area contributed by atoms with Crippen molar-refractivity contribution in [2.75, 3.05) is 0 Å². The van der Waals surface area contributed by atoms with Crippen molar-refractivity contribution in [3.63, 3.8) is 0 Å². The molecule has 4 aromatic heterocycles. The smallest absolute Gasteiger partial charge is 0.222 e. The molecule has 0 spiro atoms. The Hall–Kier alpha value is -4.06. The summed E-state index contributed by atoms with van der Waals surface area (Å²) in [5.41, 5.74) is 6.59. The highest BCUT2D eigenvalue weighted by atomic mass is 32.2. The molecule has 0 aliphatic carbocycles. The van der Waals surface area contributed by atoms with Gasteiger partial charge in [-0.3, -0.25) is 0 Å². The molecule has 3 nitrogen and oxygen atoms in total. The predicted octanol–water partition coefficient (Wildman–Crippen LogP) is 12.1. The zero-order chi connectivity index (χ0) is 30.6. The van der Waals surface area contributed by atoms with E-state index in [-0.39, 0.29) is 10.8 Å². The Morgan fingerprint density at radius 1 is 0.614 bits per heavy atom. The van der Waals surface area contributed by atoms with Gasteiger partial charge in [0.15, 0.2) is 0 Å². The van der Waals surface area contributed by atoms with Crippen LogP contribution < -0.4 is 4.74 Å². The molecule has 0 aliphatic rings. The van der Waals surface area contributed by atoms with Crippen LogP contribution in [0.1, 0.15) is 52.7 Å². The molecule has 7 aromatic rings. The summed E-state index contributed by atoms with van der Waals surface area (Å²) in [5.74, 6) is 1.10. The molecule has 0 saturated carbocycles. The van der Waals surface area contributed by atoms with E-state index in [1.165, 1.54) is 40.7 Å². The zero-order valence-corrected chi connectivity index (χ0v) is 27.7. The maximum absolute atomic E-state index is 6.41. The minimum absolute atomic E-state index is 0.0462. The van der Waals surface area contributed by atoms with Crippen molar-refractivity contribution in [1.82, 2.24) is 9.97 Å². The summed E-state index contributed by atoms with van der Waals surface area (Å²) in [5, 5.41) is 4.12. The molecule has 0 unspecified atom stereocenters. The maximum atomic E-state index is 6.41. The second kappa shape index (κ2) is 10.8. The molecule has 3 aromatic carbocycles. The first-order chi connectivity index (χ1) is 21.0. The molecular weight excluding hydrogens is 577 g/mol. The number of rotatable bonds is 5. The van der Waals surface area contributed by atoms with Crippen LogP contribution in [0.4, 0.5) is 0 Å². The van der Waals surface area contributed by atoms with E-state index in [2.05, 4.69) is 102 Å². The normalized spacial score (nSPS) is 12.4. The summed E-state index contributed by atoms with van der Waals surface area (Å²) in [6.45, 7) is 13.7. The van der Waals surface area contributed by atoms with Gasteiger partial charge in [0, 0.05) is 48.8 Å². The molecule has 0 saturated heterocycles. The number of thiophene rings is 2. The van der Waals surface area contributed by atoms with E-state index in [1.54, 1.807) is 0 Å². The number of hydrogen-bond donors (Lipinski definition) is 0. The fourth-order valence-electron chi connectivity index (χ4n) is 5.95. The summed E-state index contributed by atoms with van der Waals surface area (Å²) in [6, 6.07) is 33.9. The van der Waals surface area contributed by atoms with Crippen molar-refractivity contribution >= 4 is 52.2 Å². The Morgan fingerprint density at radius 2 is 1.34 bits per heavy atom.